The van der Waals surface area contributed by atoms with E-state index in [2.05, 4.69) is 39.7 Å². The maximum atomic E-state index is 12.8. The molecule has 0 aromatic carbocycles. The molecule has 8 heteroatoms. The molecule has 4 rings (SSSR count). The normalized spacial score (nSPS) is 22.2. The fourth-order valence-corrected chi connectivity index (χ4v) is 4.54. The molecular formula is C18H25N5O2S. The zero-order chi connectivity index (χ0) is 18.1. The summed E-state index contributed by atoms with van der Waals surface area (Å²) in [6, 6.07) is 2.15. The number of carbonyl (C=O) groups is 1. The Morgan fingerprint density at radius 1 is 1.27 bits per heavy atom. The van der Waals surface area contributed by atoms with E-state index in [1.807, 2.05) is 4.90 Å². The van der Waals surface area contributed by atoms with Crippen LogP contribution in [-0.4, -0.2) is 84.2 Å². The maximum Gasteiger partial charge on any atom is 0.253 e. The second-order valence-corrected chi connectivity index (χ2v) is 8.07. The molecule has 2 aliphatic heterocycles. The van der Waals surface area contributed by atoms with E-state index in [-0.39, 0.29) is 12.0 Å². The highest BCUT2D eigenvalue weighted by molar-refractivity contribution is 7.18. The number of anilines is 1. The van der Waals surface area contributed by atoms with Crippen molar-refractivity contribution in [1.29, 1.82) is 0 Å². The molecule has 0 spiro atoms. The van der Waals surface area contributed by atoms with Gasteiger partial charge in [-0.25, -0.2) is 9.97 Å². The summed E-state index contributed by atoms with van der Waals surface area (Å²) in [4.78, 5) is 30.4. The van der Waals surface area contributed by atoms with Crippen molar-refractivity contribution in [3.8, 4) is 0 Å². The highest BCUT2D eigenvalue weighted by Crippen LogP contribution is 2.30. The molecule has 2 aliphatic rings. The monoisotopic (exact) mass is 375 g/mol. The first-order valence-corrected chi connectivity index (χ1v) is 10.1. The fourth-order valence-electron chi connectivity index (χ4n) is 3.70. The molecular weight excluding hydrogens is 350 g/mol. The second kappa shape index (κ2) is 7.46. The number of amides is 1. The molecule has 140 valence electrons. The van der Waals surface area contributed by atoms with E-state index in [9.17, 15) is 4.79 Å². The van der Waals surface area contributed by atoms with Crippen molar-refractivity contribution in [2.45, 2.75) is 20.0 Å². The molecule has 0 aliphatic carbocycles. The average Bonchev–Trinajstić information content (AvgIpc) is 3.07. The first-order chi connectivity index (χ1) is 12.7. The summed E-state index contributed by atoms with van der Waals surface area (Å²) < 4.78 is 5.73. The first-order valence-electron chi connectivity index (χ1n) is 9.24. The van der Waals surface area contributed by atoms with Crippen molar-refractivity contribution < 1.29 is 9.53 Å². The molecule has 0 saturated carbocycles. The number of carbonyl (C=O) groups excluding carboxylic acids is 1. The summed E-state index contributed by atoms with van der Waals surface area (Å²) in [6.07, 6.45) is 1.32. The van der Waals surface area contributed by atoms with Crippen LogP contribution in [0.2, 0.25) is 0 Å². The van der Waals surface area contributed by atoms with Gasteiger partial charge >= 0.3 is 0 Å². The van der Waals surface area contributed by atoms with Gasteiger partial charge in [-0.3, -0.25) is 9.69 Å². The number of aromatic nitrogens is 2. The molecule has 2 aromatic rings. The Morgan fingerprint density at radius 2 is 2.08 bits per heavy atom. The van der Waals surface area contributed by atoms with Crippen LogP contribution in [-0.2, 0) is 9.53 Å². The molecule has 0 radical (unpaired) electrons. The molecule has 1 atom stereocenters. The van der Waals surface area contributed by atoms with Crippen LogP contribution in [0.15, 0.2) is 12.4 Å². The third-order valence-corrected chi connectivity index (χ3v) is 6.15. The molecule has 0 N–H and O–H groups in total. The molecule has 26 heavy (non-hydrogen) atoms. The summed E-state index contributed by atoms with van der Waals surface area (Å²) in [5.74, 6) is 1.11. The Morgan fingerprint density at radius 3 is 2.85 bits per heavy atom. The second-order valence-electron chi connectivity index (χ2n) is 6.84. The first kappa shape index (κ1) is 17.6. The Bertz CT molecular complexity index is 787. The minimum absolute atomic E-state index is 0.127. The van der Waals surface area contributed by atoms with E-state index in [1.165, 1.54) is 4.88 Å². The Labute approximate surface area is 157 Å². The lowest BCUT2D eigenvalue weighted by Crippen LogP contribution is -2.55. The third-order valence-electron chi connectivity index (χ3n) is 5.20. The van der Waals surface area contributed by atoms with Crippen LogP contribution in [0.25, 0.3) is 10.2 Å². The van der Waals surface area contributed by atoms with Crippen molar-refractivity contribution in [2.75, 3.05) is 57.3 Å². The molecule has 4 heterocycles. The number of ether oxygens (including phenoxy) is 1. The summed E-state index contributed by atoms with van der Waals surface area (Å²) >= 11 is 1.69. The Balaban J connectivity index is 1.41. The standard InChI is InChI=1S/C18H25N5O2S/c1-3-21-8-9-25-15(11-21)18(24)23-6-4-22(5-7-23)16-14-10-13(2)26-17(14)20-12-19-16/h10,12,15H,3-9,11H2,1-2H3. The number of hydrogen-bond donors (Lipinski definition) is 0. The molecule has 1 amide bonds. The van der Waals surface area contributed by atoms with Crippen LogP contribution in [0.5, 0.6) is 0 Å². The lowest BCUT2D eigenvalue weighted by molar-refractivity contribution is -0.149. The highest BCUT2D eigenvalue weighted by atomic mass is 32.1. The van der Waals surface area contributed by atoms with Crippen molar-refractivity contribution in [3.05, 3.63) is 17.3 Å². The smallest absolute Gasteiger partial charge is 0.253 e. The SMILES string of the molecule is CCN1CCOC(C(=O)N2CCN(c3ncnc4sc(C)cc34)CC2)C1. The van der Waals surface area contributed by atoms with E-state index >= 15 is 0 Å². The number of nitrogens with zero attached hydrogens (tertiary/aromatic N) is 5. The lowest BCUT2D eigenvalue weighted by atomic mass is 10.2. The van der Waals surface area contributed by atoms with Gasteiger partial charge in [-0.2, -0.15) is 0 Å². The molecule has 1 unspecified atom stereocenters. The molecule has 0 bridgehead atoms. The van der Waals surface area contributed by atoms with E-state index in [4.69, 9.17) is 4.74 Å². The maximum absolute atomic E-state index is 12.8. The number of hydrogen-bond acceptors (Lipinski definition) is 7. The lowest BCUT2D eigenvalue weighted by Gasteiger charge is -2.39. The van der Waals surface area contributed by atoms with Crippen LogP contribution in [0.1, 0.15) is 11.8 Å². The van der Waals surface area contributed by atoms with Gasteiger partial charge in [0.2, 0.25) is 0 Å². The Kier molecular flexibility index (Phi) is 5.06. The van der Waals surface area contributed by atoms with Crippen molar-refractivity contribution in [3.63, 3.8) is 0 Å². The summed E-state index contributed by atoms with van der Waals surface area (Å²) in [5.41, 5.74) is 0. The van der Waals surface area contributed by atoms with Gasteiger partial charge in [0.05, 0.1) is 12.0 Å². The quantitative estimate of drug-likeness (QED) is 0.808. The molecule has 2 fully saturated rings. The van der Waals surface area contributed by atoms with Crippen molar-refractivity contribution in [1.82, 2.24) is 19.8 Å². The number of morpholine rings is 1. The van der Waals surface area contributed by atoms with Gasteiger partial charge in [0.25, 0.3) is 5.91 Å². The number of aryl methyl sites for hydroxylation is 1. The number of likely N-dealkylation sites (N-methyl/N-ethyl adjacent to an activating group) is 1. The largest absolute Gasteiger partial charge is 0.366 e. The predicted octanol–water partition coefficient (Wildman–Crippen LogP) is 1.37. The van der Waals surface area contributed by atoms with Crippen molar-refractivity contribution >= 4 is 33.3 Å². The number of thiophene rings is 1. The minimum atomic E-state index is -0.319. The van der Waals surface area contributed by atoms with Crippen LogP contribution in [0.4, 0.5) is 5.82 Å². The zero-order valence-corrected chi connectivity index (χ0v) is 16.2. The van der Waals surface area contributed by atoms with Crippen LogP contribution in [0.3, 0.4) is 0 Å². The zero-order valence-electron chi connectivity index (χ0n) is 15.3. The van der Waals surface area contributed by atoms with E-state index in [0.717, 1.165) is 42.2 Å². The van der Waals surface area contributed by atoms with Gasteiger partial charge in [0.1, 0.15) is 23.1 Å². The minimum Gasteiger partial charge on any atom is -0.366 e. The van der Waals surface area contributed by atoms with Gasteiger partial charge in [-0.1, -0.05) is 6.92 Å². The topological polar surface area (TPSA) is 61.8 Å². The van der Waals surface area contributed by atoms with Crippen molar-refractivity contribution in [2.24, 2.45) is 0 Å². The predicted molar refractivity (Wildman–Crippen MR) is 103 cm³/mol. The van der Waals surface area contributed by atoms with Gasteiger partial charge in [-0.05, 0) is 19.5 Å². The fraction of sp³-hybridized carbons (Fsp3) is 0.611. The van der Waals surface area contributed by atoms with E-state index < -0.39 is 0 Å². The molecule has 7 nitrogen and oxygen atoms in total. The van der Waals surface area contributed by atoms with Gasteiger partial charge in [-0.15, -0.1) is 11.3 Å². The highest BCUT2D eigenvalue weighted by Gasteiger charge is 2.32. The molecule has 2 saturated heterocycles. The van der Waals surface area contributed by atoms with Gasteiger partial charge < -0.3 is 14.5 Å². The Hall–Kier alpha value is -1.77. The van der Waals surface area contributed by atoms with Gasteiger partial charge in [0.15, 0.2) is 0 Å². The van der Waals surface area contributed by atoms with Crippen LogP contribution >= 0.6 is 11.3 Å². The number of piperazine rings is 1. The van der Waals surface area contributed by atoms with E-state index in [1.54, 1.807) is 17.7 Å². The van der Waals surface area contributed by atoms with Gasteiger partial charge in [0, 0.05) is 44.1 Å². The summed E-state index contributed by atoms with van der Waals surface area (Å²) in [6.45, 7) is 10.4. The molecule has 2 aromatic heterocycles. The van der Waals surface area contributed by atoms with E-state index in [0.29, 0.717) is 26.2 Å². The van der Waals surface area contributed by atoms with Crippen LogP contribution in [0, 0.1) is 6.92 Å². The number of fused-ring (bicyclic) bond motifs is 1. The summed E-state index contributed by atoms with van der Waals surface area (Å²) in [5, 5.41) is 1.11. The third kappa shape index (κ3) is 3.41. The number of rotatable bonds is 3. The summed E-state index contributed by atoms with van der Waals surface area (Å²) in [7, 11) is 0. The average molecular weight is 375 g/mol. The van der Waals surface area contributed by atoms with Crippen LogP contribution < -0.4 is 4.90 Å².